The molecule has 0 saturated heterocycles. The van der Waals surface area contributed by atoms with Crippen LogP contribution in [0.25, 0.3) is 0 Å². The fraction of sp³-hybridized carbons (Fsp3) is 0. The van der Waals surface area contributed by atoms with Crippen molar-refractivity contribution in [2.75, 3.05) is 5.48 Å². The molecule has 0 spiro atoms. The highest BCUT2D eigenvalue weighted by molar-refractivity contribution is 6.37. The Hall–Kier alpha value is -0.580. The molecular formula is C4H3Cl2N3O. The first-order valence-electron chi connectivity index (χ1n) is 2.32. The molecule has 2 N–H and O–H groups in total. The Balaban J connectivity index is 3.17. The van der Waals surface area contributed by atoms with Crippen LogP contribution < -0.4 is 5.48 Å². The zero-order chi connectivity index (χ0) is 7.56. The molecule has 0 saturated carbocycles. The number of anilines is 1. The van der Waals surface area contributed by atoms with Gasteiger partial charge < -0.3 is 0 Å². The lowest BCUT2D eigenvalue weighted by atomic mass is 10.6. The van der Waals surface area contributed by atoms with E-state index >= 15 is 0 Å². The van der Waals surface area contributed by atoms with Crippen molar-refractivity contribution in [1.29, 1.82) is 0 Å². The third kappa shape index (κ3) is 1.29. The first kappa shape index (κ1) is 7.53. The van der Waals surface area contributed by atoms with Gasteiger partial charge in [-0.3, -0.25) is 10.7 Å². The summed E-state index contributed by atoms with van der Waals surface area (Å²) in [6.45, 7) is 0. The van der Waals surface area contributed by atoms with Crippen LogP contribution >= 0.6 is 23.2 Å². The summed E-state index contributed by atoms with van der Waals surface area (Å²) < 4.78 is 0. The number of rotatable bonds is 1. The van der Waals surface area contributed by atoms with Gasteiger partial charge in [0.05, 0.1) is 0 Å². The quantitative estimate of drug-likeness (QED) is 0.508. The number of hydrogen-bond acceptors (Lipinski definition) is 4. The highest BCUT2D eigenvalue weighted by Crippen LogP contribution is 2.24. The van der Waals surface area contributed by atoms with Crippen LogP contribution in [0.3, 0.4) is 0 Å². The van der Waals surface area contributed by atoms with Crippen LogP contribution in [0.5, 0.6) is 0 Å². The van der Waals surface area contributed by atoms with Crippen LogP contribution in [0.4, 0.5) is 5.69 Å². The topological polar surface area (TPSA) is 58.0 Å². The van der Waals surface area contributed by atoms with Gasteiger partial charge in [-0.2, -0.15) is 0 Å². The molecule has 0 unspecified atom stereocenters. The summed E-state index contributed by atoms with van der Waals surface area (Å²) in [6, 6.07) is 0. The van der Waals surface area contributed by atoms with Gasteiger partial charge in [0.1, 0.15) is 12.0 Å². The van der Waals surface area contributed by atoms with Gasteiger partial charge in [-0.05, 0) is 0 Å². The van der Waals surface area contributed by atoms with Gasteiger partial charge in [0, 0.05) is 0 Å². The minimum Gasteiger partial charge on any atom is -0.291 e. The van der Waals surface area contributed by atoms with Crippen LogP contribution in [0.1, 0.15) is 0 Å². The molecule has 0 aliphatic carbocycles. The first-order valence-corrected chi connectivity index (χ1v) is 3.07. The van der Waals surface area contributed by atoms with E-state index in [4.69, 9.17) is 28.4 Å². The normalized spacial score (nSPS) is 9.50. The lowest BCUT2D eigenvalue weighted by Crippen LogP contribution is -1.94. The molecule has 0 aromatic carbocycles. The van der Waals surface area contributed by atoms with Crippen molar-refractivity contribution in [1.82, 2.24) is 9.97 Å². The zero-order valence-corrected chi connectivity index (χ0v) is 6.19. The van der Waals surface area contributed by atoms with E-state index in [0.29, 0.717) is 0 Å². The van der Waals surface area contributed by atoms with Crippen molar-refractivity contribution in [2.45, 2.75) is 0 Å². The van der Waals surface area contributed by atoms with Crippen LogP contribution in [-0.4, -0.2) is 15.2 Å². The van der Waals surface area contributed by atoms with Gasteiger partial charge in [-0.15, -0.1) is 0 Å². The summed E-state index contributed by atoms with van der Waals surface area (Å²) in [7, 11) is 0. The van der Waals surface area contributed by atoms with Gasteiger partial charge in [-0.25, -0.2) is 9.97 Å². The Kier molecular flexibility index (Phi) is 2.26. The molecule has 54 valence electrons. The van der Waals surface area contributed by atoms with E-state index < -0.39 is 0 Å². The first-order chi connectivity index (χ1) is 4.75. The maximum atomic E-state index is 8.40. The monoisotopic (exact) mass is 179 g/mol. The molecule has 1 heterocycles. The molecule has 0 aliphatic heterocycles. The SMILES string of the molecule is ONc1c(Cl)ncnc1Cl. The van der Waals surface area contributed by atoms with E-state index in [1.54, 1.807) is 5.48 Å². The fourth-order valence-corrected chi connectivity index (χ4v) is 0.836. The third-order valence-corrected chi connectivity index (χ3v) is 1.44. The smallest absolute Gasteiger partial charge is 0.159 e. The Morgan fingerprint density at radius 3 is 2.10 bits per heavy atom. The fourth-order valence-electron chi connectivity index (χ4n) is 0.437. The second-order valence-corrected chi connectivity index (χ2v) is 2.16. The molecule has 1 aromatic rings. The Morgan fingerprint density at radius 1 is 1.30 bits per heavy atom. The molecule has 0 radical (unpaired) electrons. The summed E-state index contributed by atoms with van der Waals surface area (Å²) in [5.41, 5.74) is 1.89. The van der Waals surface area contributed by atoms with E-state index in [1.807, 2.05) is 0 Å². The highest BCUT2D eigenvalue weighted by Gasteiger charge is 2.04. The van der Waals surface area contributed by atoms with Crippen LogP contribution in [0, 0.1) is 0 Å². The molecule has 1 aromatic heterocycles. The van der Waals surface area contributed by atoms with Crippen molar-refractivity contribution >= 4 is 28.9 Å². The van der Waals surface area contributed by atoms with Crippen molar-refractivity contribution in [3.8, 4) is 0 Å². The van der Waals surface area contributed by atoms with Gasteiger partial charge in [0.25, 0.3) is 0 Å². The molecular weight excluding hydrogens is 177 g/mol. The summed E-state index contributed by atoms with van der Waals surface area (Å²) in [5.74, 6) is 0. The summed E-state index contributed by atoms with van der Waals surface area (Å²) in [6.07, 6.45) is 1.20. The highest BCUT2D eigenvalue weighted by atomic mass is 35.5. The molecule has 0 fully saturated rings. The summed E-state index contributed by atoms with van der Waals surface area (Å²) >= 11 is 10.9. The Labute approximate surface area is 66.8 Å². The van der Waals surface area contributed by atoms with E-state index in [1.165, 1.54) is 6.33 Å². The predicted molar refractivity (Wildman–Crippen MR) is 37.5 cm³/mol. The average molecular weight is 180 g/mol. The number of nitrogens with one attached hydrogen (secondary N) is 1. The van der Waals surface area contributed by atoms with Crippen LogP contribution in [0.2, 0.25) is 10.3 Å². The van der Waals surface area contributed by atoms with Crippen molar-refractivity contribution in [2.24, 2.45) is 0 Å². The lowest BCUT2D eigenvalue weighted by molar-refractivity contribution is 0.388. The average Bonchev–Trinajstić information content (AvgIpc) is 1.88. The van der Waals surface area contributed by atoms with Crippen LogP contribution in [-0.2, 0) is 0 Å². The maximum absolute atomic E-state index is 8.40. The van der Waals surface area contributed by atoms with E-state index in [9.17, 15) is 0 Å². The Morgan fingerprint density at radius 2 is 1.80 bits per heavy atom. The minimum atomic E-state index is 0.0856. The molecule has 0 amide bonds. The van der Waals surface area contributed by atoms with Crippen molar-refractivity contribution in [3.05, 3.63) is 16.6 Å². The standard InChI is InChI=1S/C4H3Cl2N3O/c5-3-2(9-10)4(6)8-1-7-3/h1,9-10H. The van der Waals surface area contributed by atoms with E-state index in [0.717, 1.165) is 0 Å². The molecule has 0 bridgehead atoms. The van der Waals surface area contributed by atoms with Crippen LogP contribution in [0.15, 0.2) is 6.33 Å². The van der Waals surface area contributed by atoms with Gasteiger partial charge >= 0.3 is 0 Å². The number of nitrogens with zero attached hydrogens (tertiary/aromatic N) is 2. The van der Waals surface area contributed by atoms with Gasteiger partial charge in [-0.1, -0.05) is 23.2 Å². The third-order valence-electron chi connectivity index (χ3n) is 0.867. The van der Waals surface area contributed by atoms with E-state index in [2.05, 4.69) is 9.97 Å². The summed E-state index contributed by atoms with van der Waals surface area (Å²) in [4.78, 5) is 7.12. The summed E-state index contributed by atoms with van der Waals surface area (Å²) in [5, 5.41) is 8.57. The molecule has 10 heavy (non-hydrogen) atoms. The molecule has 4 nitrogen and oxygen atoms in total. The minimum absolute atomic E-state index is 0.0856. The number of halogens is 2. The van der Waals surface area contributed by atoms with Crippen molar-refractivity contribution < 1.29 is 5.21 Å². The molecule has 1 rings (SSSR count). The largest absolute Gasteiger partial charge is 0.291 e. The second kappa shape index (κ2) is 3.01. The van der Waals surface area contributed by atoms with Gasteiger partial charge in [0.2, 0.25) is 0 Å². The maximum Gasteiger partial charge on any atom is 0.159 e. The number of hydrogen-bond donors (Lipinski definition) is 2. The molecule has 6 heteroatoms. The Bertz CT molecular complexity index is 222. The molecule has 0 atom stereocenters. The second-order valence-electron chi connectivity index (χ2n) is 1.44. The zero-order valence-electron chi connectivity index (χ0n) is 4.67. The van der Waals surface area contributed by atoms with Crippen molar-refractivity contribution in [3.63, 3.8) is 0 Å². The van der Waals surface area contributed by atoms with Gasteiger partial charge in [0.15, 0.2) is 10.3 Å². The lowest BCUT2D eigenvalue weighted by Gasteiger charge is -2.00. The van der Waals surface area contributed by atoms with E-state index in [-0.39, 0.29) is 16.0 Å². The predicted octanol–water partition coefficient (Wildman–Crippen LogP) is 1.58. The number of aromatic nitrogens is 2. The molecule has 0 aliphatic rings.